The number of amides is 1. The summed E-state index contributed by atoms with van der Waals surface area (Å²) in [5.41, 5.74) is 0. The standard InChI is InChI=1S/C13H21N3O4/c1-18-6-4-11-15-13(20-16-11)8-14-12(17)7-10-3-2-5-19-9-10/h10H,2-9H2,1H3,(H,14,17)/t10-/m0/s1. The van der Waals surface area contributed by atoms with Gasteiger partial charge in [-0.05, 0) is 18.8 Å². The summed E-state index contributed by atoms with van der Waals surface area (Å²) < 4.78 is 15.3. The quantitative estimate of drug-likeness (QED) is 0.792. The van der Waals surface area contributed by atoms with Crippen molar-refractivity contribution in [1.82, 2.24) is 15.5 Å². The zero-order valence-corrected chi connectivity index (χ0v) is 11.8. The number of aromatic nitrogens is 2. The maximum atomic E-state index is 11.8. The van der Waals surface area contributed by atoms with E-state index >= 15 is 0 Å². The lowest BCUT2D eigenvalue weighted by Crippen LogP contribution is -2.28. The number of nitrogens with one attached hydrogen (secondary N) is 1. The zero-order valence-electron chi connectivity index (χ0n) is 11.8. The first kappa shape index (κ1) is 14.9. The van der Waals surface area contributed by atoms with Gasteiger partial charge in [-0.2, -0.15) is 4.98 Å². The zero-order chi connectivity index (χ0) is 14.2. The molecule has 0 spiro atoms. The van der Waals surface area contributed by atoms with E-state index in [0.717, 1.165) is 19.4 Å². The minimum Gasteiger partial charge on any atom is -0.384 e. The van der Waals surface area contributed by atoms with Crippen LogP contribution in [0.3, 0.4) is 0 Å². The first-order valence-corrected chi connectivity index (χ1v) is 6.92. The van der Waals surface area contributed by atoms with E-state index in [2.05, 4.69) is 15.5 Å². The van der Waals surface area contributed by atoms with Crippen molar-refractivity contribution in [3.05, 3.63) is 11.7 Å². The van der Waals surface area contributed by atoms with Gasteiger partial charge in [0.1, 0.15) is 0 Å². The molecule has 1 aliphatic heterocycles. The number of hydrogen-bond donors (Lipinski definition) is 1. The highest BCUT2D eigenvalue weighted by Crippen LogP contribution is 2.16. The molecule has 7 heteroatoms. The molecule has 1 atom stereocenters. The van der Waals surface area contributed by atoms with E-state index < -0.39 is 0 Å². The third-order valence-electron chi connectivity index (χ3n) is 3.21. The molecule has 2 rings (SSSR count). The lowest BCUT2D eigenvalue weighted by atomic mass is 9.98. The summed E-state index contributed by atoms with van der Waals surface area (Å²) in [6.45, 7) is 2.30. The van der Waals surface area contributed by atoms with E-state index in [0.29, 0.717) is 43.7 Å². The highest BCUT2D eigenvalue weighted by molar-refractivity contribution is 5.76. The van der Waals surface area contributed by atoms with Crippen molar-refractivity contribution in [2.45, 2.75) is 32.2 Å². The Kier molecular flexibility index (Phi) is 5.94. The summed E-state index contributed by atoms with van der Waals surface area (Å²) >= 11 is 0. The van der Waals surface area contributed by atoms with Crippen molar-refractivity contribution in [2.75, 3.05) is 26.9 Å². The number of carbonyl (C=O) groups is 1. The molecule has 0 unspecified atom stereocenters. The molecular formula is C13H21N3O4. The number of hydrogen-bond acceptors (Lipinski definition) is 6. The molecule has 112 valence electrons. The Morgan fingerprint density at radius 2 is 2.45 bits per heavy atom. The van der Waals surface area contributed by atoms with Gasteiger partial charge >= 0.3 is 0 Å². The van der Waals surface area contributed by atoms with Crippen molar-refractivity contribution in [1.29, 1.82) is 0 Å². The molecule has 0 aliphatic carbocycles. The molecule has 0 bridgehead atoms. The molecule has 0 saturated carbocycles. The van der Waals surface area contributed by atoms with Crippen LogP contribution in [0.2, 0.25) is 0 Å². The first-order chi connectivity index (χ1) is 9.78. The lowest BCUT2D eigenvalue weighted by molar-refractivity contribution is -0.123. The average Bonchev–Trinajstić information content (AvgIpc) is 2.92. The van der Waals surface area contributed by atoms with Crippen LogP contribution in [0, 0.1) is 5.92 Å². The second-order valence-electron chi connectivity index (χ2n) is 4.91. The minimum absolute atomic E-state index is 0.00265. The van der Waals surface area contributed by atoms with Crippen molar-refractivity contribution >= 4 is 5.91 Å². The highest BCUT2D eigenvalue weighted by Gasteiger charge is 2.17. The van der Waals surface area contributed by atoms with Gasteiger partial charge in [0, 0.05) is 33.2 Å². The molecular weight excluding hydrogens is 262 g/mol. The van der Waals surface area contributed by atoms with Gasteiger partial charge in [-0.3, -0.25) is 4.79 Å². The van der Waals surface area contributed by atoms with E-state index in [1.807, 2.05) is 0 Å². The van der Waals surface area contributed by atoms with Gasteiger partial charge in [0.2, 0.25) is 11.8 Å². The fraction of sp³-hybridized carbons (Fsp3) is 0.769. The maximum Gasteiger partial charge on any atom is 0.246 e. The molecule has 20 heavy (non-hydrogen) atoms. The summed E-state index contributed by atoms with van der Waals surface area (Å²) in [5, 5.41) is 6.60. The summed E-state index contributed by atoms with van der Waals surface area (Å²) in [4.78, 5) is 16.0. The predicted octanol–water partition coefficient (Wildman–Crippen LogP) is 0.691. The number of methoxy groups -OCH3 is 1. The van der Waals surface area contributed by atoms with Crippen LogP contribution in [0.5, 0.6) is 0 Å². The molecule has 2 heterocycles. The van der Waals surface area contributed by atoms with E-state index in [1.165, 1.54) is 0 Å². The summed E-state index contributed by atoms with van der Waals surface area (Å²) in [6.07, 6.45) is 3.18. The molecule has 1 aliphatic rings. The molecule has 1 N–H and O–H groups in total. The molecule has 1 saturated heterocycles. The van der Waals surface area contributed by atoms with Gasteiger partial charge in [0.05, 0.1) is 13.2 Å². The predicted molar refractivity (Wildman–Crippen MR) is 69.9 cm³/mol. The monoisotopic (exact) mass is 283 g/mol. The molecule has 1 aromatic rings. The molecule has 1 amide bonds. The number of nitrogens with zero attached hydrogens (tertiary/aromatic N) is 2. The second-order valence-corrected chi connectivity index (χ2v) is 4.91. The van der Waals surface area contributed by atoms with E-state index in [1.54, 1.807) is 7.11 Å². The Bertz CT molecular complexity index is 416. The van der Waals surface area contributed by atoms with E-state index in [4.69, 9.17) is 14.0 Å². The van der Waals surface area contributed by atoms with Gasteiger partial charge in [0.15, 0.2) is 5.82 Å². The highest BCUT2D eigenvalue weighted by atomic mass is 16.5. The van der Waals surface area contributed by atoms with Crippen LogP contribution in [-0.4, -0.2) is 43.0 Å². The third kappa shape index (κ3) is 4.90. The summed E-state index contributed by atoms with van der Waals surface area (Å²) in [7, 11) is 1.62. The van der Waals surface area contributed by atoms with Crippen LogP contribution < -0.4 is 5.32 Å². The van der Waals surface area contributed by atoms with Gasteiger partial charge in [0.25, 0.3) is 0 Å². The van der Waals surface area contributed by atoms with E-state index in [-0.39, 0.29) is 12.5 Å². The van der Waals surface area contributed by atoms with Crippen molar-refractivity contribution in [2.24, 2.45) is 5.92 Å². The molecule has 1 fully saturated rings. The van der Waals surface area contributed by atoms with Gasteiger partial charge in [-0.25, -0.2) is 0 Å². The van der Waals surface area contributed by atoms with Crippen LogP contribution in [0.1, 0.15) is 31.0 Å². The first-order valence-electron chi connectivity index (χ1n) is 6.92. The average molecular weight is 283 g/mol. The van der Waals surface area contributed by atoms with Crippen molar-refractivity contribution < 1.29 is 18.8 Å². The van der Waals surface area contributed by atoms with Gasteiger partial charge < -0.3 is 19.3 Å². The molecule has 1 aromatic heterocycles. The Hall–Kier alpha value is -1.47. The largest absolute Gasteiger partial charge is 0.384 e. The minimum atomic E-state index is -0.00265. The summed E-state index contributed by atoms with van der Waals surface area (Å²) in [5.74, 6) is 1.34. The fourth-order valence-electron chi connectivity index (χ4n) is 2.13. The molecule has 7 nitrogen and oxygen atoms in total. The smallest absolute Gasteiger partial charge is 0.246 e. The Morgan fingerprint density at radius 3 is 3.20 bits per heavy atom. The normalized spacial score (nSPS) is 18.9. The Balaban J connectivity index is 1.68. The van der Waals surface area contributed by atoms with Crippen molar-refractivity contribution in [3.63, 3.8) is 0 Å². The van der Waals surface area contributed by atoms with Gasteiger partial charge in [-0.1, -0.05) is 5.16 Å². The molecule has 0 aromatic carbocycles. The van der Waals surface area contributed by atoms with Crippen LogP contribution >= 0.6 is 0 Å². The van der Waals surface area contributed by atoms with Crippen LogP contribution in [0.15, 0.2) is 4.52 Å². The van der Waals surface area contributed by atoms with Crippen LogP contribution in [-0.2, 0) is 27.2 Å². The Labute approximate surface area is 118 Å². The third-order valence-corrected chi connectivity index (χ3v) is 3.21. The van der Waals surface area contributed by atoms with E-state index in [9.17, 15) is 4.79 Å². The van der Waals surface area contributed by atoms with Gasteiger partial charge in [-0.15, -0.1) is 0 Å². The molecule has 0 radical (unpaired) electrons. The maximum absolute atomic E-state index is 11.8. The number of ether oxygens (including phenoxy) is 2. The second kappa shape index (κ2) is 7.96. The van der Waals surface area contributed by atoms with Crippen LogP contribution in [0.25, 0.3) is 0 Å². The van der Waals surface area contributed by atoms with Crippen molar-refractivity contribution in [3.8, 4) is 0 Å². The number of carbonyl (C=O) groups excluding carboxylic acids is 1. The van der Waals surface area contributed by atoms with Crippen LogP contribution in [0.4, 0.5) is 0 Å². The fourth-order valence-corrected chi connectivity index (χ4v) is 2.13. The SMILES string of the molecule is COCCc1noc(CNC(=O)C[C@@H]2CCCOC2)n1. The number of rotatable bonds is 7. The topological polar surface area (TPSA) is 86.5 Å². The Morgan fingerprint density at radius 1 is 1.55 bits per heavy atom. The lowest BCUT2D eigenvalue weighted by Gasteiger charge is -2.21. The summed E-state index contributed by atoms with van der Waals surface area (Å²) in [6, 6.07) is 0.